The summed E-state index contributed by atoms with van der Waals surface area (Å²) in [7, 11) is 0. The van der Waals surface area contributed by atoms with Crippen molar-refractivity contribution in [2.45, 2.75) is 13.1 Å². The fraction of sp³-hybridized carbons (Fsp3) is 0.143. The van der Waals surface area contributed by atoms with Crippen LogP contribution < -0.4 is 10.5 Å². The quantitative estimate of drug-likeness (QED) is 0.650. The molecule has 2 nitrogen and oxygen atoms in total. The average Bonchev–Trinajstić information content (AvgIpc) is 2.33. The van der Waals surface area contributed by atoms with Crippen LogP contribution in [0.25, 0.3) is 0 Å². The lowest BCUT2D eigenvalue weighted by Gasteiger charge is -2.12. The van der Waals surface area contributed by atoms with E-state index in [1.165, 1.54) is 0 Å². The summed E-state index contributed by atoms with van der Waals surface area (Å²) in [5.41, 5.74) is 5.40. The fourth-order valence-electron chi connectivity index (χ4n) is 1.70. The number of rotatable bonds is 2. The summed E-state index contributed by atoms with van der Waals surface area (Å²) in [5.74, 6) is -1.07. The van der Waals surface area contributed by atoms with E-state index in [1.54, 1.807) is 25.1 Å². The van der Waals surface area contributed by atoms with Gasteiger partial charge in [-0.25, -0.2) is 4.39 Å². The maximum atomic E-state index is 13.1. The zero-order chi connectivity index (χ0) is 14.9. The van der Waals surface area contributed by atoms with Gasteiger partial charge < -0.3 is 10.5 Å². The van der Waals surface area contributed by atoms with Crippen molar-refractivity contribution < 1.29 is 22.3 Å². The fourth-order valence-corrected chi connectivity index (χ4v) is 1.70. The van der Waals surface area contributed by atoms with Crippen LogP contribution in [-0.4, -0.2) is 0 Å². The van der Waals surface area contributed by atoms with E-state index in [9.17, 15) is 17.6 Å². The lowest BCUT2D eigenvalue weighted by molar-refractivity contribution is -0.140. The van der Waals surface area contributed by atoms with E-state index in [1.807, 2.05) is 0 Å². The third kappa shape index (κ3) is 3.01. The molecule has 0 aliphatic rings. The van der Waals surface area contributed by atoms with Crippen LogP contribution in [0.4, 0.5) is 23.2 Å². The number of anilines is 1. The van der Waals surface area contributed by atoms with Gasteiger partial charge in [0.15, 0.2) is 0 Å². The number of aryl methyl sites for hydroxylation is 1. The zero-order valence-corrected chi connectivity index (χ0v) is 10.5. The average molecular weight is 285 g/mol. The van der Waals surface area contributed by atoms with E-state index >= 15 is 0 Å². The van der Waals surface area contributed by atoms with Gasteiger partial charge in [0.25, 0.3) is 0 Å². The second kappa shape index (κ2) is 5.03. The van der Waals surface area contributed by atoms with E-state index < -0.39 is 17.6 Å². The van der Waals surface area contributed by atoms with E-state index in [4.69, 9.17) is 10.5 Å². The largest absolute Gasteiger partial charge is 0.457 e. The van der Waals surface area contributed by atoms with Gasteiger partial charge in [-0.1, -0.05) is 0 Å². The van der Waals surface area contributed by atoms with Crippen LogP contribution >= 0.6 is 0 Å². The summed E-state index contributed by atoms with van der Waals surface area (Å²) < 4.78 is 56.2. The van der Waals surface area contributed by atoms with Crippen LogP contribution in [0, 0.1) is 12.7 Å². The first kappa shape index (κ1) is 14.2. The molecule has 106 valence electrons. The normalized spacial score (nSPS) is 11.4. The predicted molar refractivity (Wildman–Crippen MR) is 67.1 cm³/mol. The molecule has 0 bridgehead atoms. The molecule has 0 fully saturated rings. The Hall–Kier alpha value is -2.24. The number of benzene rings is 2. The summed E-state index contributed by atoms with van der Waals surface area (Å²) in [6.45, 7) is 1.71. The first-order valence-corrected chi connectivity index (χ1v) is 5.68. The van der Waals surface area contributed by atoms with Gasteiger partial charge >= 0.3 is 6.18 Å². The minimum atomic E-state index is -4.76. The van der Waals surface area contributed by atoms with Crippen molar-refractivity contribution in [3.05, 3.63) is 53.3 Å². The van der Waals surface area contributed by atoms with Crippen LogP contribution in [0.2, 0.25) is 0 Å². The Bertz CT molecular complexity index is 638. The van der Waals surface area contributed by atoms with Gasteiger partial charge in [-0.15, -0.1) is 0 Å². The molecule has 0 radical (unpaired) electrons. The number of ether oxygens (including phenoxy) is 1. The van der Waals surface area contributed by atoms with Gasteiger partial charge in [0.2, 0.25) is 0 Å². The monoisotopic (exact) mass is 285 g/mol. The predicted octanol–water partition coefficient (Wildman–Crippen LogP) is 4.53. The molecule has 2 N–H and O–H groups in total. The Morgan fingerprint density at radius 1 is 1.05 bits per heavy atom. The highest BCUT2D eigenvalue weighted by Gasteiger charge is 2.34. The number of alkyl halides is 3. The number of nitrogens with two attached hydrogens (primary N) is 1. The maximum absolute atomic E-state index is 13.1. The molecular formula is C14H11F4NO. The molecule has 20 heavy (non-hydrogen) atoms. The van der Waals surface area contributed by atoms with Gasteiger partial charge in [-0.3, -0.25) is 0 Å². The van der Waals surface area contributed by atoms with Crippen molar-refractivity contribution in [1.29, 1.82) is 0 Å². The summed E-state index contributed by atoms with van der Waals surface area (Å²) >= 11 is 0. The van der Waals surface area contributed by atoms with Gasteiger partial charge in [0, 0.05) is 5.69 Å². The second-order valence-corrected chi connectivity index (χ2v) is 4.27. The number of nitrogen functional groups attached to an aromatic ring is 1. The zero-order valence-electron chi connectivity index (χ0n) is 10.5. The Morgan fingerprint density at radius 2 is 1.75 bits per heavy atom. The van der Waals surface area contributed by atoms with Crippen molar-refractivity contribution >= 4 is 5.69 Å². The van der Waals surface area contributed by atoms with Gasteiger partial charge in [-0.2, -0.15) is 13.2 Å². The highest BCUT2D eigenvalue weighted by atomic mass is 19.4. The summed E-state index contributed by atoms with van der Waals surface area (Å²) in [6, 6.07) is 7.23. The molecule has 0 saturated carbocycles. The smallest absolute Gasteiger partial charge is 0.419 e. The molecule has 6 heteroatoms. The van der Waals surface area contributed by atoms with Crippen molar-refractivity contribution in [1.82, 2.24) is 0 Å². The van der Waals surface area contributed by atoms with Crippen molar-refractivity contribution in [2.24, 2.45) is 0 Å². The number of hydrogen-bond donors (Lipinski definition) is 1. The lowest BCUT2D eigenvalue weighted by atomic mass is 10.2. The van der Waals surface area contributed by atoms with Crippen LogP contribution in [0.5, 0.6) is 11.5 Å². The first-order chi connectivity index (χ1) is 9.27. The Labute approximate surface area is 112 Å². The number of halogens is 4. The molecule has 0 amide bonds. The SMILES string of the molecule is Cc1cc(N)ccc1Oc1ccc(F)c(C(F)(F)F)c1. The third-order valence-corrected chi connectivity index (χ3v) is 2.67. The van der Waals surface area contributed by atoms with Crippen LogP contribution in [0.1, 0.15) is 11.1 Å². The molecule has 0 atom stereocenters. The van der Waals surface area contributed by atoms with E-state index in [0.29, 0.717) is 23.1 Å². The summed E-state index contributed by atoms with van der Waals surface area (Å²) in [6.07, 6.45) is -4.76. The highest BCUT2D eigenvalue weighted by Crippen LogP contribution is 2.35. The molecule has 0 unspecified atom stereocenters. The Kier molecular flexibility index (Phi) is 3.57. The summed E-state index contributed by atoms with van der Waals surface area (Å²) in [5, 5.41) is 0. The second-order valence-electron chi connectivity index (χ2n) is 4.27. The Balaban J connectivity index is 2.35. The van der Waals surface area contributed by atoms with Crippen LogP contribution in [0.15, 0.2) is 36.4 Å². The van der Waals surface area contributed by atoms with Crippen molar-refractivity contribution in [3.63, 3.8) is 0 Å². The van der Waals surface area contributed by atoms with Crippen LogP contribution in [-0.2, 0) is 6.18 Å². The molecule has 2 rings (SSSR count). The summed E-state index contributed by atoms with van der Waals surface area (Å²) in [4.78, 5) is 0. The minimum absolute atomic E-state index is 0.0911. The van der Waals surface area contributed by atoms with E-state index in [0.717, 1.165) is 12.1 Å². The van der Waals surface area contributed by atoms with Crippen molar-refractivity contribution in [2.75, 3.05) is 5.73 Å². The topological polar surface area (TPSA) is 35.2 Å². The van der Waals surface area contributed by atoms with Gasteiger partial charge in [0.05, 0.1) is 5.56 Å². The standard InChI is InChI=1S/C14H11F4NO/c1-8-6-9(19)2-5-13(8)20-10-3-4-12(15)11(7-10)14(16,17)18/h2-7H,19H2,1H3. The third-order valence-electron chi connectivity index (χ3n) is 2.67. The number of hydrogen-bond acceptors (Lipinski definition) is 2. The molecule has 0 aliphatic heterocycles. The van der Waals surface area contributed by atoms with Crippen molar-refractivity contribution in [3.8, 4) is 11.5 Å². The molecule has 0 aliphatic carbocycles. The molecular weight excluding hydrogens is 274 g/mol. The lowest BCUT2D eigenvalue weighted by Crippen LogP contribution is -2.08. The van der Waals surface area contributed by atoms with E-state index in [2.05, 4.69) is 0 Å². The molecule has 2 aromatic carbocycles. The van der Waals surface area contributed by atoms with Gasteiger partial charge in [-0.05, 0) is 48.9 Å². The van der Waals surface area contributed by atoms with Crippen LogP contribution in [0.3, 0.4) is 0 Å². The molecule has 0 saturated heterocycles. The molecule has 0 spiro atoms. The van der Waals surface area contributed by atoms with E-state index in [-0.39, 0.29) is 5.75 Å². The maximum Gasteiger partial charge on any atom is 0.419 e. The Morgan fingerprint density at radius 3 is 2.35 bits per heavy atom. The molecule has 0 heterocycles. The molecule has 2 aromatic rings. The first-order valence-electron chi connectivity index (χ1n) is 5.68. The highest BCUT2D eigenvalue weighted by molar-refractivity contribution is 5.48. The minimum Gasteiger partial charge on any atom is -0.457 e. The molecule has 0 aromatic heterocycles. The van der Waals surface area contributed by atoms with Gasteiger partial charge in [0.1, 0.15) is 17.3 Å².